The van der Waals surface area contributed by atoms with Gasteiger partial charge >= 0.3 is 5.97 Å². The molecule has 1 saturated heterocycles. The van der Waals surface area contributed by atoms with Crippen molar-refractivity contribution in [1.29, 1.82) is 0 Å². The zero-order chi connectivity index (χ0) is 19.1. The van der Waals surface area contributed by atoms with Crippen LogP contribution in [-0.4, -0.2) is 51.5 Å². The van der Waals surface area contributed by atoms with Gasteiger partial charge in [0.1, 0.15) is 6.54 Å². The number of hydrogen-bond acceptors (Lipinski definition) is 7. The molecule has 1 aromatic heterocycles. The molecule has 136 valence electrons. The Bertz CT molecular complexity index is 1030. The molecule has 27 heavy (non-hydrogen) atoms. The number of rotatable bonds is 3. The minimum Gasteiger partial charge on any atom is -0.480 e. The van der Waals surface area contributed by atoms with Crippen molar-refractivity contribution in [2.75, 3.05) is 18.5 Å². The van der Waals surface area contributed by atoms with Gasteiger partial charge in [-0.2, -0.15) is 4.99 Å². The van der Waals surface area contributed by atoms with E-state index in [1.165, 1.54) is 21.1 Å². The van der Waals surface area contributed by atoms with Crippen molar-refractivity contribution in [3.05, 3.63) is 46.3 Å². The average Bonchev–Trinajstić information content (AvgIpc) is 3.31. The van der Waals surface area contributed by atoms with Crippen LogP contribution >= 0.6 is 23.1 Å². The first-order chi connectivity index (χ1) is 13.0. The van der Waals surface area contributed by atoms with Gasteiger partial charge < -0.3 is 5.11 Å². The number of likely N-dealkylation sites (N-methyl/N-ethyl adjacent to an activating group) is 1. The van der Waals surface area contributed by atoms with Crippen molar-refractivity contribution < 1.29 is 19.5 Å². The number of anilines is 1. The Hall–Kier alpha value is -2.98. The van der Waals surface area contributed by atoms with Crippen LogP contribution in [0.25, 0.3) is 5.57 Å². The van der Waals surface area contributed by atoms with Gasteiger partial charge in [-0.15, -0.1) is 11.3 Å². The van der Waals surface area contributed by atoms with Crippen LogP contribution < -0.4 is 4.90 Å². The van der Waals surface area contributed by atoms with E-state index in [2.05, 4.69) is 9.98 Å². The zero-order valence-corrected chi connectivity index (χ0v) is 15.6. The van der Waals surface area contributed by atoms with Gasteiger partial charge in [-0.1, -0.05) is 18.2 Å². The molecule has 0 saturated carbocycles. The summed E-state index contributed by atoms with van der Waals surface area (Å²) in [6.07, 6.45) is 1.62. The number of para-hydroxylation sites is 1. The van der Waals surface area contributed by atoms with E-state index >= 15 is 0 Å². The van der Waals surface area contributed by atoms with E-state index < -0.39 is 18.4 Å². The van der Waals surface area contributed by atoms with Crippen LogP contribution in [0.2, 0.25) is 0 Å². The summed E-state index contributed by atoms with van der Waals surface area (Å²) in [5.41, 5.74) is 1.23. The van der Waals surface area contributed by atoms with Gasteiger partial charge in [0.15, 0.2) is 5.17 Å². The number of aliphatic imine (C=N–C) groups is 1. The molecular weight excluding hydrogens is 388 g/mol. The number of nitrogens with zero attached hydrogens (tertiary/aromatic N) is 4. The molecule has 2 aliphatic rings. The molecule has 1 fully saturated rings. The quantitative estimate of drug-likeness (QED) is 0.792. The number of aromatic nitrogens is 1. The van der Waals surface area contributed by atoms with Gasteiger partial charge in [0.2, 0.25) is 5.13 Å². The number of thiazole rings is 1. The fourth-order valence-corrected chi connectivity index (χ4v) is 4.46. The number of carbonyl (C=O) groups excluding carboxylic acids is 2. The number of amides is 2. The normalized spacial score (nSPS) is 20.7. The number of fused-ring (bicyclic) bond motifs is 1. The van der Waals surface area contributed by atoms with Crippen LogP contribution in [0.1, 0.15) is 5.56 Å². The molecule has 0 radical (unpaired) electrons. The third-order valence-electron chi connectivity index (χ3n) is 4.03. The molecule has 2 amide bonds. The number of thioether (sulfide) groups is 1. The Morgan fingerprint density at radius 2 is 2.04 bits per heavy atom. The maximum absolute atomic E-state index is 12.9. The second-order valence-corrected chi connectivity index (χ2v) is 7.53. The fraction of sp³-hybridized carbons (Fsp3) is 0.118. The number of carbonyl (C=O) groups is 3. The molecule has 4 rings (SSSR count). The summed E-state index contributed by atoms with van der Waals surface area (Å²) >= 11 is 2.42. The van der Waals surface area contributed by atoms with Crippen LogP contribution in [0.15, 0.2) is 45.7 Å². The minimum atomic E-state index is -1.13. The molecule has 3 heterocycles. The van der Waals surface area contributed by atoms with E-state index in [0.29, 0.717) is 21.6 Å². The first kappa shape index (κ1) is 17.4. The largest absolute Gasteiger partial charge is 0.480 e. The number of carboxylic acids is 1. The van der Waals surface area contributed by atoms with Crippen molar-refractivity contribution in [3.63, 3.8) is 0 Å². The molecule has 8 nitrogen and oxygen atoms in total. The summed E-state index contributed by atoms with van der Waals surface area (Å²) in [4.78, 5) is 48.1. The fourth-order valence-electron chi connectivity index (χ4n) is 2.84. The summed E-state index contributed by atoms with van der Waals surface area (Å²) in [5.74, 6) is -1.98. The molecule has 0 bridgehead atoms. The van der Waals surface area contributed by atoms with E-state index in [9.17, 15) is 14.4 Å². The Kier molecular flexibility index (Phi) is 4.28. The SMILES string of the molecule is CN1C(=O)/C(=C2/C(=O)N(CC(=O)O)c3ccccc32)S/C1=N/c1nccs1. The highest BCUT2D eigenvalue weighted by atomic mass is 32.2. The van der Waals surface area contributed by atoms with E-state index in [0.717, 1.165) is 11.8 Å². The second kappa shape index (κ2) is 6.63. The molecule has 2 aromatic rings. The maximum Gasteiger partial charge on any atom is 0.323 e. The van der Waals surface area contributed by atoms with E-state index in [-0.39, 0.29) is 16.4 Å². The van der Waals surface area contributed by atoms with E-state index in [1.54, 1.807) is 42.9 Å². The standard InChI is InChI=1S/C17H12N4O4S2/c1-20-15(25)13(27-17(20)19-16-18-6-7-26-16)12-9-4-2-3-5-10(9)21(14(12)24)8-11(22)23/h2-7H,8H2,1H3,(H,22,23)/b13-12-,19-17+. The second-order valence-electron chi connectivity index (χ2n) is 5.68. The van der Waals surface area contributed by atoms with Crippen molar-refractivity contribution in [2.45, 2.75) is 0 Å². The molecule has 2 aliphatic heterocycles. The van der Waals surface area contributed by atoms with E-state index in [1.807, 2.05) is 0 Å². The zero-order valence-electron chi connectivity index (χ0n) is 13.9. The topological polar surface area (TPSA) is 103 Å². The van der Waals surface area contributed by atoms with Gasteiger partial charge in [-0.25, -0.2) is 4.98 Å². The smallest absolute Gasteiger partial charge is 0.323 e. The maximum atomic E-state index is 12.9. The average molecular weight is 400 g/mol. The summed E-state index contributed by atoms with van der Waals surface area (Å²) in [6, 6.07) is 6.85. The van der Waals surface area contributed by atoms with Crippen LogP contribution in [0.5, 0.6) is 0 Å². The Balaban J connectivity index is 1.81. The predicted molar refractivity (Wildman–Crippen MR) is 103 cm³/mol. The van der Waals surface area contributed by atoms with Gasteiger partial charge in [0, 0.05) is 24.2 Å². The lowest BCUT2D eigenvalue weighted by atomic mass is 10.1. The Morgan fingerprint density at radius 1 is 1.26 bits per heavy atom. The first-order valence-electron chi connectivity index (χ1n) is 7.79. The molecule has 0 unspecified atom stereocenters. The highest BCUT2D eigenvalue weighted by Gasteiger charge is 2.41. The summed E-state index contributed by atoms with van der Waals surface area (Å²) < 4.78 is 0. The molecule has 1 aromatic carbocycles. The van der Waals surface area contributed by atoms with E-state index in [4.69, 9.17) is 5.11 Å². The molecule has 1 N–H and O–H groups in total. The lowest BCUT2D eigenvalue weighted by Crippen LogP contribution is -2.32. The molecule has 0 spiro atoms. The van der Waals surface area contributed by atoms with Crippen LogP contribution in [0.4, 0.5) is 10.8 Å². The number of benzene rings is 1. The van der Waals surface area contributed by atoms with Crippen molar-refractivity contribution in [1.82, 2.24) is 9.88 Å². The van der Waals surface area contributed by atoms with Gasteiger partial charge in [-0.05, 0) is 17.8 Å². The summed E-state index contributed by atoms with van der Waals surface area (Å²) in [6.45, 7) is -0.471. The number of carboxylic acid groups (broad SMARTS) is 1. The molecular formula is C17H12N4O4S2. The summed E-state index contributed by atoms with van der Waals surface area (Å²) in [5, 5.41) is 11.8. The van der Waals surface area contributed by atoms with Gasteiger partial charge in [0.05, 0.1) is 16.2 Å². The van der Waals surface area contributed by atoms with Crippen molar-refractivity contribution in [3.8, 4) is 0 Å². The van der Waals surface area contributed by atoms with Crippen LogP contribution in [0, 0.1) is 0 Å². The van der Waals surface area contributed by atoms with Gasteiger partial charge in [0.25, 0.3) is 11.8 Å². The first-order valence-corrected chi connectivity index (χ1v) is 9.48. The molecule has 0 atom stereocenters. The molecule has 0 aliphatic carbocycles. The number of amidine groups is 1. The highest BCUT2D eigenvalue weighted by Crippen LogP contribution is 2.44. The van der Waals surface area contributed by atoms with Crippen molar-refractivity contribution in [2.24, 2.45) is 4.99 Å². The van der Waals surface area contributed by atoms with Crippen molar-refractivity contribution >= 4 is 62.4 Å². The van der Waals surface area contributed by atoms with Crippen LogP contribution in [0.3, 0.4) is 0 Å². The lowest BCUT2D eigenvalue weighted by molar-refractivity contribution is -0.136. The number of aliphatic carboxylic acids is 1. The van der Waals surface area contributed by atoms with Crippen LogP contribution in [-0.2, 0) is 14.4 Å². The van der Waals surface area contributed by atoms with Gasteiger partial charge in [-0.3, -0.25) is 24.2 Å². The minimum absolute atomic E-state index is 0.207. The Morgan fingerprint density at radius 3 is 2.74 bits per heavy atom. The lowest BCUT2D eigenvalue weighted by Gasteiger charge is -2.13. The highest BCUT2D eigenvalue weighted by molar-refractivity contribution is 8.18. The third-order valence-corrected chi connectivity index (χ3v) is 5.83. The summed E-state index contributed by atoms with van der Waals surface area (Å²) in [7, 11) is 1.58. The third kappa shape index (κ3) is 2.92. The monoisotopic (exact) mass is 400 g/mol. The molecule has 10 heteroatoms. The number of hydrogen-bond donors (Lipinski definition) is 1. The Labute approximate surface area is 161 Å². The predicted octanol–water partition coefficient (Wildman–Crippen LogP) is 2.18.